The third kappa shape index (κ3) is 3.22. The number of carbonyl (C=O) groups excluding carboxylic acids is 1. The molecule has 0 spiro atoms. The van der Waals surface area contributed by atoms with Crippen molar-refractivity contribution in [3.8, 4) is 0 Å². The summed E-state index contributed by atoms with van der Waals surface area (Å²) in [5.74, 6) is -0.129. The van der Waals surface area contributed by atoms with E-state index in [1.807, 2.05) is 48.7 Å². The van der Waals surface area contributed by atoms with Gasteiger partial charge in [-0.1, -0.05) is 31.0 Å². The highest BCUT2D eigenvalue weighted by Gasteiger charge is 2.19. The zero-order valence-corrected chi connectivity index (χ0v) is 15.6. The first-order chi connectivity index (χ1) is 11.5. The lowest BCUT2D eigenvalue weighted by Crippen LogP contribution is -2.17. The van der Waals surface area contributed by atoms with E-state index in [1.54, 1.807) is 0 Å². The lowest BCUT2D eigenvalue weighted by atomic mass is 10.1. The van der Waals surface area contributed by atoms with Gasteiger partial charge in [0.1, 0.15) is 11.3 Å². The van der Waals surface area contributed by atoms with Crippen LogP contribution >= 0.6 is 15.9 Å². The van der Waals surface area contributed by atoms with Crippen molar-refractivity contribution in [2.24, 2.45) is 0 Å². The molecule has 2 heterocycles. The molecule has 1 N–H and O–H groups in total. The molecule has 0 bridgehead atoms. The van der Waals surface area contributed by atoms with E-state index in [-0.39, 0.29) is 5.91 Å². The number of fused-ring (bicyclic) bond motifs is 1. The molecule has 0 radical (unpaired) electrons. The number of rotatable bonds is 4. The minimum absolute atomic E-state index is 0.129. The highest BCUT2D eigenvalue weighted by Crippen LogP contribution is 2.21. The Labute approximate surface area is 150 Å². The van der Waals surface area contributed by atoms with Crippen molar-refractivity contribution >= 4 is 33.2 Å². The summed E-state index contributed by atoms with van der Waals surface area (Å²) in [7, 11) is 0. The number of aromatic nitrogens is 2. The maximum atomic E-state index is 12.9. The second-order valence-corrected chi connectivity index (χ2v) is 6.92. The number of hydrogen-bond donors (Lipinski definition) is 1. The van der Waals surface area contributed by atoms with Crippen LogP contribution in [0.5, 0.6) is 0 Å². The molecule has 1 amide bonds. The quantitative estimate of drug-likeness (QED) is 0.692. The number of imidazole rings is 1. The van der Waals surface area contributed by atoms with Crippen LogP contribution in [0.15, 0.2) is 41.0 Å². The van der Waals surface area contributed by atoms with Crippen LogP contribution in [0.2, 0.25) is 0 Å². The summed E-state index contributed by atoms with van der Waals surface area (Å²) >= 11 is 3.47. The van der Waals surface area contributed by atoms with Crippen molar-refractivity contribution in [1.29, 1.82) is 0 Å². The first-order valence-electron chi connectivity index (χ1n) is 8.04. The number of amides is 1. The second-order valence-electron chi connectivity index (χ2n) is 6.01. The molecule has 1 aromatic carbocycles. The lowest BCUT2D eigenvalue weighted by molar-refractivity contribution is 0.102. The van der Waals surface area contributed by atoms with Gasteiger partial charge in [0.2, 0.25) is 0 Å². The number of aryl methyl sites for hydroxylation is 3. The van der Waals surface area contributed by atoms with Crippen LogP contribution in [0.3, 0.4) is 0 Å². The number of carbonyl (C=O) groups is 1. The van der Waals surface area contributed by atoms with E-state index in [0.717, 1.165) is 39.9 Å². The van der Waals surface area contributed by atoms with Crippen molar-refractivity contribution in [3.63, 3.8) is 0 Å². The molecule has 0 aliphatic carbocycles. The maximum absolute atomic E-state index is 12.9. The van der Waals surface area contributed by atoms with Crippen molar-refractivity contribution in [2.45, 2.75) is 33.6 Å². The van der Waals surface area contributed by atoms with E-state index in [2.05, 4.69) is 39.2 Å². The number of pyridine rings is 1. The average molecular weight is 386 g/mol. The maximum Gasteiger partial charge on any atom is 0.274 e. The molecule has 124 valence electrons. The number of halogens is 1. The van der Waals surface area contributed by atoms with Crippen LogP contribution in [-0.2, 0) is 6.42 Å². The van der Waals surface area contributed by atoms with E-state index < -0.39 is 0 Å². The van der Waals surface area contributed by atoms with Crippen LogP contribution in [-0.4, -0.2) is 15.3 Å². The Hall–Kier alpha value is -2.14. The summed E-state index contributed by atoms with van der Waals surface area (Å²) in [5.41, 5.74) is 5.28. The minimum atomic E-state index is -0.129. The van der Waals surface area contributed by atoms with Crippen LogP contribution in [0.25, 0.3) is 5.65 Å². The first-order valence-corrected chi connectivity index (χ1v) is 8.84. The molecule has 0 atom stereocenters. The highest BCUT2D eigenvalue weighted by atomic mass is 79.9. The predicted molar refractivity (Wildman–Crippen MR) is 101 cm³/mol. The zero-order chi connectivity index (χ0) is 17.3. The molecule has 24 heavy (non-hydrogen) atoms. The van der Waals surface area contributed by atoms with Gasteiger partial charge in [-0.15, -0.1) is 0 Å². The third-order valence-electron chi connectivity index (χ3n) is 3.99. The largest absolute Gasteiger partial charge is 0.320 e. The molecule has 3 aromatic rings. The van der Waals surface area contributed by atoms with E-state index in [0.29, 0.717) is 5.69 Å². The van der Waals surface area contributed by atoms with E-state index in [9.17, 15) is 4.79 Å². The van der Waals surface area contributed by atoms with E-state index in [4.69, 9.17) is 0 Å². The molecule has 2 aromatic heterocycles. The number of nitrogens with zero attached hydrogens (tertiary/aromatic N) is 2. The van der Waals surface area contributed by atoms with Crippen molar-refractivity contribution in [2.75, 3.05) is 5.32 Å². The number of nitrogens with one attached hydrogen (secondary N) is 1. The summed E-state index contributed by atoms with van der Waals surface area (Å²) in [6.45, 7) is 6.13. The van der Waals surface area contributed by atoms with Crippen LogP contribution < -0.4 is 5.32 Å². The Kier molecular flexibility index (Phi) is 4.71. The van der Waals surface area contributed by atoms with Crippen molar-refractivity contribution < 1.29 is 4.79 Å². The highest BCUT2D eigenvalue weighted by molar-refractivity contribution is 9.10. The van der Waals surface area contributed by atoms with Gasteiger partial charge in [-0.25, -0.2) is 4.98 Å². The summed E-state index contributed by atoms with van der Waals surface area (Å²) in [4.78, 5) is 17.6. The lowest BCUT2D eigenvalue weighted by Gasteiger charge is -2.10. The number of benzene rings is 1. The standard InChI is InChI=1S/C19H20BrN3O/c1-4-5-16-18(23-11-14(20)7-9-17(23)21-16)19(24)22-15-8-6-12(2)10-13(15)3/h6-11H,4-5H2,1-3H3,(H,22,24). The van der Waals surface area contributed by atoms with Gasteiger partial charge >= 0.3 is 0 Å². The van der Waals surface area contributed by atoms with Gasteiger partial charge in [0, 0.05) is 16.4 Å². The number of hydrogen-bond acceptors (Lipinski definition) is 2. The Bertz CT molecular complexity index is 914. The van der Waals surface area contributed by atoms with Gasteiger partial charge in [-0.05, 0) is 60.0 Å². The van der Waals surface area contributed by atoms with Gasteiger partial charge in [-0.3, -0.25) is 9.20 Å². The van der Waals surface area contributed by atoms with E-state index >= 15 is 0 Å². The van der Waals surface area contributed by atoms with Gasteiger partial charge in [0.25, 0.3) is 5.91 Å². The Morgan fingerprint density at radius 3 is 2.75 bits per heavy atom. The molecule has 0 unspecified atom stereocenters. The summed E-state index contributed by atoms with van der Waals surface area (Å²) < 4.78 is 2.77. The van der Waals surface area contributed by atoms with Crippen molar-refractivity contribution in [1.82, 2.24) is 9.38 Å². The summed E-state index contributed by atoms with van der Waals surface area (Å²) in [6.07, 6.45) is 3.60. The van der Waals surface area contributed by atoms with Gasteiger partial charge in [0.05, 0.1) is 5.69 Å². The van der Waals surface area contributed by atoms with Crippen LogP contribution in [0.1, 0.15) is 40.7 Å². The molecule has 4 nitrogen and oxygen atoms in total. The fraction of sp³-hybridized carbons (Fsp3) is 0.263. The first kappa shape index (κ1) is 16.7. The zero-order valence-electron chi connectivity index (χ0n) is 14.1. The fourth-order valence-corrected chi connectivity index (χ4v) is 3.19. The smallest absolute Gasteiger partial charge is 0.274 e. The molecule has 0 fully saturated rings. The predicted octanol–water partition coefficient (Wildman–Crippen LogP) is 4.92. The Morgan fingerprint density at radius 1 is 1.25 bits per heavy atom. The molecule has 0 saturated carbocycles. The van der Waals surface area contributed by atoms with Gasteiger partial charge in [0.15, 0.2) is 0 Å². The summed E-state index contributed by atoms with van der Waals surface area (Å²) in [5, 5.41) is 3.04. The number of anilines is 1. The van der Waals surface area contributed by atoms with Crippen LogP contribution in [0.4, 0.5) is 5.69 Å². The average Bonchev–Trinajstić information content (AvgIpc) is 2.87. The summed E-state index contributed by atoms with van der Waals surface area (Å²) in [6, 6.07) is 9.86. The molecular weight excluding hydrogens is 366 g/mol. The monoisotopic (exact) mass is 385 g/mol. The molecule has 0 saturated heterocycles. The molecular formula is C19H20BrN3O. The van der Waals surface area contributed by atoms with Crippen LogP contribution in [0, 0.1) is 13.8 Å². The third-order valence-corrected chi connectivity index (χ3v) is 4.46. The van der Waals surface area contributed by atoms with Gasteiger partial charge < -0.3 is 5.32 Å². The normalized spacial score (nSPS) is 11.0. The minimum Gasteiger partial charge on any atom is -0.320 e. The topological polar surface area (TPSA) is 46.4 Å². The van der Waals surface area contributed by atoms with Crippen molar-refractivity contribution in [3.05, 3.63) is 63.5 Å². The second kappa shape index (κ2) is 6.77. The Morgan fingerprint density at radius 2 is 2.04 bits per heavy atom. The Balaban J connectivity index is 2.04. The molecule has 5 heteroatoms. The molecule has 0 aliphatic rings. The SMILES string of the molecule is CCCc1nc2ccc(Br)cn2c1C(=O)Nc1ccc(C)cc1C. The molecule has 3 rings (SSSR count). The van der Waals surface area contributed by atoms with Gasteiger partial charge in [-0.2, -0.15) is 0 Å². The fourth-order valence-electron chi connectivity index (χ4n) is 2.85. The molecule has 0 aliphatic heterocycles. The van der Waals surface area contributed by atoms with E-state index in [1.165, 1.54) is 5.56 Å².